The van der Waals surface area contributed by atoms with E-state index in [9.17, 15) is 22.8 Å². The van der Waals surface area contributed by atoms with Gasteiger partial charge >= 0.3 is 6.03 Å². The van der Waals surface area contributed by atoms with Gasteiger partial charge in [0.15, 0.2) is 17.5 Å². The van der Waals surface area contributed by atoms with Crippen LogP contribution < -0.4 is 4.90 Å². The summed E-state index contributed by atoms with van der Waals surface area (Å²) in [4.78, 5) is 30.9. The number of carbonyl (C=O) groups is 2. The molecule has 32 heavy (non-hydrogen) atoms. The van der Waals surface area contributed by atoms with E-state index in [1.807, 2.05) is 6.92 Å². The summed E-state index contributed by atoms with van der Waals surface area (Å²) in [6.45, 7) is 4.49. The number of amides is 3. The lowest BCUT2D eigenvalue weighted by molar-refractivity contribution is -0.134. The molecular weight excluding hydrogens is 427 g/mol. The van der Waals surface area contributed by atoms with E-state index in [1.165, 1.54) is 0 Å². The van der Waals surface area contributed by atoms with Crippen molar-refractivity contribution in [1.82, 2.24) is 19.6 Å². The Bertz CT molecular complexity index is 1070. The van der Waals surface area contributed by atoms with Gasteiger partial charge in [-0.3, -0.25) is 14.4 Å². The molecule has 0 aliphatic carbocycles. The molecule has 3 amide bonds. The number of urea groups is 1. The predicted octanol–water partition coefficient (Wildman–Crippen LogP) is 1.91. The number of ether oxygens (including phenoxy) is 1. The Hall–Kier alpha value is -3.08. The van der Waals surface area contributed by atoms with Crippen molar-refractivity contribution in [2.24, 2.45) is 0 Å². The largest absolute Gasteiger partial charge is 0.377 e. The highest BCUT2D eigenvalue weighted by atomic mass is 19.2. The van der Waals surface area contributed by atoms with Crippen molar-refractivity contribution < 1.29 is 27.5 Å². The lowest BCUT2D eigenvalue weighted by atomic mass is 10.1. The van der Waals surface area contributed by atoms with Gasteiger partial charge in [-0.2, -0.15) is 5.10 Å². The maximum atomic E-state index is 13.6. The minimum Gasteiger partial charge on any atom is -0.377 e. The number of nitrogens with zero attached hydrogens (tertiary/aromatic N) is 5. The second-order valence-electron chi connectivity index (χ2n) is 8.39. The fraction of sp³-hybridized carbons (Fsp3) is 0.476. The summed E-state index contributed by atoms with van der Waals surface area (Å²) in [5.74, 6) is -4.56. The summed E-state index contributed by atoms with van der Waals surface area (Å²) in [5, 5.41) is 4.41. The molecule has 3 aliphatic rings. The number of fused-ring (bicyclic) bond motifs is 2. The summed E-state index contributed by atoms with van der Waals surface area (Å²) in [6.07, 6.45) is 1.37. The molecule has 170 valence electrons. The van der Waals surface area contributed by atoms with E-state index >= 15 is 0 Å². The second kappa shape index (κ2) is 7.80. The zero-order chi connectivity index (χ0) is 22.6. The Balaban J connectivity index is 1.37. The van der Waals surface area contributed by atoms with Gasteiger partial charge in [-0.25, -0.2) is 18.0 Å². The molecule has 2 fully saturated rings. The molecular formula is C21H22F3N5O3. The van der Waals surface area contributed by atoms with E-state index in [2.05, 4.69) is 5.10 Å². The molecule has 0 N–H and O–H groups in total. The third-order valence-electron chi connectivity index (χ3n) is 6.32. The zero-order valence-corrected chi connectivity index (χ0v) is 17.4. The molecule has 4 heterocycles. The first-order valence-corrected chi connectivity index (χ1v) is 10.5. The minimum absolute atomic E-state index is 0.0182. The molecule has 1 aromatic carbocycles. The van der Waals surface area contributed by atoms with Crippen LogP contribution in [-0.4, -0.2) is 69.9 Å². The van der Waals surface area contributed by atoms with Crippen LogP contribution in [0.5, 0.6) is 0 Å². The Morgan fingerprint density at radius 3 is 2.69 bits per heavy atom. The quantitative estimate of drug-likeness (QED) is 0.672. The van der Waals surface area contributed by atoms with E-state index in [0.717, 1.165) is 17.8 Å². The van der Waals surface area contributed by atoms with Crippen LogP contribution in [-0.2, 0) is 29.0 Å². The van der Waals surface area contributed by atoms with Crippen molar-refractivity contribution in [2.45, 2.75) is 38.5 Å². The third-order valence-corrected chi connectivity index (χ3v) is 6.32. The normalized spacial score (nSPS) is 22.9. The van der Waals surface area contributed by atoms with Crippen LogP contribution in [0.1, 0.15) is 18.2 Å². The van der Waals surface area contributed by atoms with Gasteiger partial charge < -0.3 is 14.5 Å². The van der Waals surface area contributed by atoms with Crippen LogP contribution in [0.2, 0.25) is 0 Å². The van der Waals surface area contributed by atoms with Gasteiger partial charge in [0.25, 0.3) is 0 Å². The lowest BCUT2D eigenvalue weighted by Crippen LogP contribution is -2.46. The Kier molecular flexibility index (Phi) is 5.07. The van der Waals surface area contributed by atoms with Crippen molar-refractivity contribution in [3.05, 3.63) is 47.0 Å². The second-order valence-corrected chi connectivity index (χ2v) is 8.39. The molecule has 1 aromatic heterocycles. The van der Waals surface area contributed by atoms with E-state index in [-0.39, 0.29) is 42.6 Å². The maximum Gasteiger partial charge on any atom is 0.325 e. The smallest absolute Gasteiger partial charge is 0.325 e. The molecule has 1 unspecified atom stereocenters. The van der Waals surface area contributed by atoms with Gasteiger partial charge in [-0.05, 0) is 24.6 Å². The maximum absolute atomic E-state index is 13.6. The van der Waals surface area contributed by atoms with Crippen molar-refractivity contribution in [1.29, 1.82) is 0 Å². The zero-order valence-electron chi connectivity index (χ0n) is 17.4. The van der Waals surface area contributed by atoms with E-state index < -0.39 is 17.5 Å². The third kappa shape index (κ3) is 3.40. The molecule has 3 aliphatic heterocycles. The van der Waals surface area contributed by atoms with Crippen molar-refractivity contribution in [3.8, 4) is 0 Å². The average molecular weight is 449 g/mol. The van der Waals surface area contributed by atoms with Crippen LogP contribution in [0.25, 0.3) is 0 Å². The Labute approximate surface area is 182 Å². The summed E-state index contributed by atoms with van der Waals surface area (Å²) in [5.41, 5.74) is 1.43. The number of carbonyl (C=O) groups excluding carboxylic acids is 2. The first-order chi connectivity index (χ1) is 15.3. The van der Waals surface area contributed by atoms with Crippen molar-refractivity contribution in [2.75, 3.05) is 31.2 Å². The first kappa shape index (κ1) is 20.8. The molecule has 8 nitrogen and oxygen atoms in total. The van der Waals surface area contributed by atoms with Crippen LogP contribution >= 0.6 is 0 Å². The Morgan fingerprint density at radius 2 is 1.97 bits per heavy atom. The van der Waals surface area contributed by atoms with Gasteiger partial charge in [0.05, 0.1) is 62.9 Å². The molecule has 5 rings (SSSR count). The molecule has 11 heteroatoms. The fourth-order valence-electron chi connectivity index (χ4n) is 4.64. The number of anilines is 1. The van der Waals surface area contributed by atoms with Crippen LogP contribution in [0.15, 0.2) is 18.3 Å². The first-order valence-electron chi connectivity index (χ1n) is 10.5. The number of hydrogen-bond acceptors (Lipinski definition) is 4. The number of rotatable bonds is 3. The van der Waals surface area contributed by atoms with Gasteiger partial charge in [-0.15, -0.1) is 0 Å². The van der Waals surface area contributed by atoms with E-state index in [1.54, 1.807) is 25.6 Å². The number of halogens is 3. The lowest BCUT2D eigenvalue weighted by Gasteiger charge is -2.35. The van der Waals surface area contributed by atoms with E-state index in [0.29, 0.717) is 38.5 Å². The highest BCUT2D eigenvalue weighted by Crippen LogP contribution is 2.32. The summed E-state index contributed by atoms with van der Waals surface area (Å²) in [7, 11) is 0. The van der Waals surface area contributed by atoms with Crippen molar-refractivity contribution in [3.63, 3.8) is 0 Å². The minimum atomic E-state index is -1.56. The molecule has 0 radical (unpaired) electrons. The predicted molar refractivity (Wildman–Crippen MR) is 106 cm³/mol. The summed E-state index contributed by atoms with van der Waals surface area (Å²) >= 11 is 0. The molecule has 2 atom stereocenters. The monoisotopic (exact) mass is 449 g/mol. The SMILES string of the molecule is C[C@H]1Cn2ncc(N3CC4COCCN4C3=O)c2CN1C(=O)Cc1cc(F)c(F)c(F)c1. The van der Waals surface area contributed by atoms with Crippen molar-refractivity contribution >= 4 is 17.6 Å². The highest BCUT2D eigenvalue weighted by Gasteiger charge is 2.42. The summed E-state index contributed by atoms with van der Waals surface area (Å²) < 4.78 is 47.6. The standard InChI is InChI=1S/C21H22F3N5O3/c1-12-8-29-18(10-27(12)19(30)6-13-4-15(22)20(24)16(23)5-13)17(7-25-29)28-9-14-11-32-3-2-26(14)21(28)31/h4-5,7,12,14H,2-3,6,8-11H2,1H3/t12-,14?/m0/s1. The number of morpholine rings is 1. The van der Waals surface area contributed by atoms with Gasteiger partial charge in [0, 0.05) is 12.6 Å². The molecule has 0 saturated carbocycles. The van der Waals surface area contributed by atoms with E-state index in [4.69, 9.17) is 4.74 Å². The van der Waals surface area contributed by atoms with Crippen LogP contribution in [0.3, 0.4) is 0 Å². The fourth-order valence-corrected chi connectivity index (χ4v) is 4.64. The molecule has 0 spiro atoms. The highest BCUT2D eigenvalue weighted by molar-refractivity contribution is 5.95. The van der Waals surface area contributed by atoms with Gasteiger partial charge in [0.2, 0.25) is 5.91 Å². The van der Waals surface area contributed by atoms with Crippen LogP contribution in [0, 0.1) is 17.5 Å². The topological polar surface area (TPSA) is 70.9 Å². The molecule has 2 aromatic rings. The van der Waals surface area contributed by atoms with Crippen LogP contribution in [0.4, 0.5) is 23.7 Å². The van der Waals surface area contributed by atoms with Gasteiger partial charge in [-0.1, -0.05) is 0 Å². The van der Waals surface area contributed by atoms with Gasteiger partial charge in [0.1, 0.15) is 0 Å². The number of hydrogen-bond donors (Lipinski definition) is 0. The average Bonchev–Trinajstić information content (AvgIpc) is 3.31. The number of aromatic nitrogens is 2. The summed E-state index contributed by atoms with van der Waals surface area (Å²) in [6, 6.07) is 1.33. The molecule has 2 saturated heterocycles. The molecule has 0 bridgehead atoms. The number of benzene rings is 1. The Morgan fingerprint density at radius 1 is 1.22 bits per heavy atom.